The van der Waals surface area contributed by atoms with E-state index in [1.807, 2.05) is 24.9 Å². The van der Waals surface area contributed by atoms with Crippen molar-refractivity contribution < 1.29 is 0 Å². The molecule has 74 valence electrons. The van der Waals surface area contributed by atoms with Crippen molar-refractivity contribution in [2.45, 2.75) is 33.1 Å². The van der Waals surface area contributed by atoms with Crippen LogP contribution < -0.4 is 5.32 Å². The van der Waals surface area contributed by atoms with Crippen LogP contribution in [0.1, 0.15) is 31.9 Å². The summed E-state index contributed by atoms with van der Waals surface area (Å²) in [5.41, 5.74) is 2.25. The summed E-state index contributed by atoms with van der Waals surface area (Å²) < 4.78 is 1.84. The van der Waals surface area contributed by atoms with E-state index in [0.29, 0.717) is 0 Å². The molecule has 1 N–H and O–H groups in total. The minimum atomic E-state index is 1.06. The van der Waals surface area contributed by atoms with Gasteiger partial charge in [-0.25, -0.2) is 0 Å². The van der Waals surface area contributed by atoms with E-state index < -0.39 is 0 Å². The van der Waals surface area contributed by atoms with Gasteiger partial charge in [-0.3, -0.25) is 4.68 Å². The van der Waals surface area contributed by atoms with E-state index in [0.717, 1.165) is 12.2 Å². The minimum Gasteiger partial charge on any atom is -0.382 e. The molecule has 3 nitrogen and oxygen atoms in total. The van der Waals surface area contributed by atoms with Crippen LogP contribution in [0.3, 0.4) is 0 Å². The van der Waals surface area contributed by atoms with Crippen molar-refractivity contribution >= 4 is 5.69 Å². The monoisotopic (exact) mass is 181 g/mol. The summed E-state index contributed by atoms with van der Waals surface area (Å²) in [6.45, 7) is 5.30. The third-order valence-electron chi connectivity index (χ3n) is 2.11. The van der Waals surface area contributed by atoms with E-state index in [1.165, 1.54) is 24.9 Å². The Hall–Kier alpha value is -0.990. The highest BCUT2D eigenvalue weighted by Gasteiger charge is 2.00. The predicted octanol–water partition coefficient (Wildman–Crippen LogP) is 2.33. The molecule has 0 unspecified atom stereocenters. The van der Waals surface area contributed by atoms with Gasteiger partial charge in [-0.2, -0.15) is 5.10 Å². The van der Waals surface area contributed by atoms with E-state index in [1.54, 1.807) is 0 Å². The summed E-state index contributed by atoms with van der Waals surface area (Å²) in [5.74, 6) is 0. The van der Waals surface area contributed by atoms with Crippen LogP contribution >= 0.6 is 0 Å². The van der Waals surface area contributed by atoms with Crippen molar-refractivity contribution in [3.63, 3.8) is 0 Å². The Morgan fingerprint density at radius 3 is 2.77 bits per heavy atom. The zero-order chi connectivity index (χ0) is 9.68. The van der Waals surface area contributed by atoms with Crippen LogP contribution in [0.15, 0.2) is 6.20 Å². The molecule has 0 aliphatic carbocycles. The van der Waals surface area contributed by atoms with E-state index in [-0.39, 0.29) is 0 Å². The predicted molar refractivity (Wildman–Crippen MR) is 56.0 cm³/mol. The van der Waals surface area contributed by atoms with E-state index in [4.69, 9.17) is 0 Å². The second-order valence-corrected chi connectivity index (χ2v) is 3.44. The average Bonchev–Trinajstić information content (AvgIpc) is 2.39. The largest absolute Gasteiger partial charge is 0.382 e. The third-order valence-corrected chi connectivity index (χ3v) is 2.11. The maximum absolute atomic E-state index is 4.26. The Bertz CT molecular complexity index is 253. The number of nitrogens with one attached hydrogen (secondary N) is 1. The van der Waals surface area contributed by atoms with Gasteiger partial charge in [0.15, 0.2) is 0 Å². The molecule has 1 aromatic rings. The Balaban J connectivity index is 2.32. The summed E-state index contributed by atoms with van der Waals surface area (Å²) in [6.07, 6.45) is 5.84. The van der Waals surface area contributed by atoms with Crippen LogP contribution in [0.4, 0.5) is 5.69 Å². The van der Waals surface area contributed by atoms with Crippen molar-refractivity contribution in [3.05, 3.63) is 11.9 Å². The quantitative estimate of drug-likeness (QED) is 0.706. The van der Waals surface area contributed by atoms with E-state index in [2.05, 4.69) is 17.3 Å². The first-order valence-corrected chi connectivity index (χ1v) is 4.98. The zero-order valence-corrected chi connectivity index (χ0v) is 8.80. The third kappa shape index (κ3) is 3.09. The fourth-order valence-corrected chi connectivity index (χ4v) is 1.37. The average molecular weight is 181 g/mol. The molecule has 0 aliphatic heterocycles. The lowest BCUT2D eigenvalue weighted by Gasteiger charge is -2.02. The van der Waals surface area contributed by atoms with Crippen molar-refractivity contribution in [2.24, 2.45) is 7.05 Å². The molecule has 0 saturated heterocycles. The first-order chi connectivity index (χ1) is 6.24. The van der Waals surface area contributed by atoms with Crippen molar-refractivity contribution in [2.75, 3.05) is 11.9 Å². The number of unbranched alkanes of at least 4 members (excludes halogenated alkanes) is 2. The number of hydrogen-bond acceptors (Lipinski definition) is 2. The smallest absolute Gasteiger partial charge is 0.0824 e. The first-order valence-electron chi connectivity index (χ1n) is 4.98. The Kier molecular flexibility index (Phi) is 3.80. The lowest BCUT2D eigenvalue weighted by molar-refractivity contribution is 0.743. The SMILES string of the molecule is CCCCCNc1cn(C)nc1C. The van der Waals surface area contributed by atoms with Gasteiger partial charge in [0.25, 0.3) is 0 Å². The first kappa shape index (κ1) is 10.1. The lowest BCUT2D eigenvalue weighted by Crippen LogP contribution is -2.01. The molecule has 0 atom stereocenters. The molecule has 3 heteroatoms. The highest BCUT2D eigenvalue weighted by atomic mass is 15.3. The molecule has 0 spiro atoms. The van der Waals surface area contributed by atoms with Gasteiger partial charge < -0.3 is 5.32 Å². The van der Waals surface area contributed by atoms with E-state index in [9.17, 15) is 0 Å². The summed E-state index contributed by atoms with van der Waals surface area (Å²) in [5, 5.41) is 7.65. The maximum Gasteiger partial charge on any atom is 0.0824 e. The van der Waals surface area contributed by atoms with Crippen molar-refractivity contribution in [3.8, 4) is 0 Å². The van der Waals surface area contributed by atoms with Gasteiger partial charge in [0.2, 0.25) is 0 Å². The van der Waals surface area contributed by atoms with Gasteiger partial charge in [-0.05, 0) is 13.3 Å². The van der Waals surface area contributed by atoms with Crippen LogP contribution in [-0.4, -0.2) is 16.3 Å². The Morgan fingerprint density at radius 1 is 1.46 bits per heavy atom. The summed E-state index contributed by atoms with van der Waals surface area (Å²) in [6, 6.07) is 0. The second kappa shape index (κ2) is 4.90. The Morgan fingerprint density at radius 2 is 2.23 bits per heavy atom. The van der Waals surface area contributed by atoms with Crippen LogP contribution in [0.5, 0.6) is 0 Å². The van der Waals surface area contributed by atoms with Crippen molar-refractivity contribution in [1.29, 1.82) is 0 Å². The molecule has 0 aromatic carbocycles. The molecular formula is C10H19N3. The van der Waals surface area contributed by atoms with Crippen LogP contribution in [0, 0.1) is 6.92 Å². The molecular weight excluding hydrogens is 162 g/mol. The number of anilines is 1. The molecule has 13 heavy (non-hydrogen) atoms. The van der Waals surface area contributed by atoms with Gasteiger partial charge in [-0.1, -0.05) is 19.8 Å². The Labute approximate surface area is 80.1 Å². The van der Waals surface area contributed by atoms with Gasteiger partial charge in [0.1, 0.15) is 0 Å². The summed E-state index contributed by atoms with van der Waals surface area (Å²) in [4.78, 5) is 0. The lowest BCUT2D eigenvalue weighted by atomic mass is 10.2. The fourth-order valence-electron chi connectivity index (χ4n) is 1.37. The highest BCUT2D eigenvalue weighted by molar-refractivity contribution is 5.45. The molecule has 0 radical (unpaired) electrons. The normalized spacial score (nSPS) is 10.4. The standard InChI is InChI=1S/C10H19N3/c1-4-5-6-7-11-10-8-13(3)12-9(10)2/h8,11H,4-7H2,1-3H3. The summed E-state index contributed by atoms with van der Waals surface area (Å²) in [7, 11) is 1.95. The number of aryl methyl sites for hydroxylation is 2. The van der Waals surface area contributed by atoms with Gasteiger partial charge in [0.05, 0.1) is 11.4 Å². The molecule has 0 fully saturated rings. The number of hydrogen-bond donors (Lipinski definition) is 1. The topological polar surface area (TPSA) is 29.9 Å². The molecule has 0 aliphatic rings. The molecule has 1 rings (SSSR count). The second-order valence-electron chi connectivity index (χ2n) is 3.44. The summed E-state index contributed by atoms with van der Waals surface area (Å²) >= 11 is 0. The van der Waals surface area contributed by atoms with Crippen LogP contribution in [-0.2, 0) is 7.05 Å². The fraction of sp³-hybridized carbons (Fsp3) is 0.700. The van der Waals surface area contributed by atoms with Gasteiger partial charge >= 0.3 is 0 Å². The van der Waals surface area contributed by atoms with E-state index >= 15 is 0 Å². The number of aromatic nitrogens is 2. The number of nitrogens with zero attached hydrogens (tertiary/aromatic N) is 2. The molecule has 1 heterocycles. The molecule has 0 saturated carbocycles. The van der Waals surface area contributed by atoms with Crippen LogP contribution in [0.25, 0.3) is 0 Å². The van der Waals surface area contributed by atoms with Crippen LogP contribution in [0.2, 0.25) is 0 Å². The molecule has 1 aromatic heterocycles. The maximum atomic E-state index is 4.26. The molecule has 0 amide bonds. The zero-order valence-electron chi connectivity index (χ0n) is 8.80. The molecule has 0 bridgehead atoms. The minimum absolute atomic E-state index is 1.06. The highest BCUT2D eigenvalue weighted by Crippen LogP contribution is 2.11. The van der Waals surface area contributed by atoms with Gasteiger partial charge in [0, 0.05) is 19.8 Å². The van der Waals surface area contributed by atoms with Crippen molar-refractivity contribution in [1.82, 2.24) is 9.78 Å². The number of rotatable bonds is 5. The van der Waals surface area contributed by atoms with Gasteiger partial charge in [-0.15, -0.1) is 0 Å².